The molecule has 0 aliphatic rings. The van der Waals surface area contributed by atoms with E-state index in [0.29, 0.717) is 37.2 Å². The SMILES string of the molecule is CC.Cc1cc(-c2ccc(Cn3c(C)nc(C)c3C=O)cc2)c(S(=O)(=O)NC(C)(C)C)s1.[I][V][I]. The molecule has 2 aromatic heterocycles. The van der Waals surface area contributed by atoms with Gasteiger partial charge in [-0.2, -0.15) is 0 Å². The van der Waals surface area contributed by atoms with Crippen LogP contribution in [0.15, 0.2) is 34.5 Å². The van der Waals surface area contributed by atoms with Crippen LogP contribution in [0.3, 0.4) is 0 Å². The molecule has 0 aliphatic heterocycles. The number of carbonyl (C=O) groups excluding carboxylic acids is 1. The van der Waals surface area contributed by atoms with Crippen molar-refractivity contribution in [3.8, 4) is 11.1 Å². The van der Waals surface area contributed by atoms with Crippen LogP contribution in [-0.4, -0.2) is 29.8 Å². The Hall–Kier alpha value is -0.246. The molecule has 0 radical (unpaired) electrons. The van der Waals surface area contributed by atoms with Gasteiger partial charge in [0.05, 0.1) is 5.69 Å². The molecular weight excluding hydrogens is 747 g/mol. The Morgan fingerprint density at radius 1 is 1.11 bits per heavy atom. The molecule has 0 amide bonds. The number of carbonyl (C=O) groups is 1. The molecule has 193 valence electrons. The summed E-state index contributed by atoms with van der Waals surface area (Å²) < 4.78 is 30.8. The molecule has 0 spiro atoms. The molecule has 0 bridgehead atoms. The third-order valence-corrected chi connectivity index (χ3v) is 7.95. The fourth-order valence-electron chi connectivity index (χ4n) is 3.39. The molecule has 2 heterocycles. The fraction of sp³-hybridized carbons (Fsp3) is 0.417. The maximum absolute atomic E-state index is 12.9. The van der Waals surface area contributed by atoms with Crippen LogP contribution in [0.25, 0.3) is 11.1 Å². The molecule has 1 N–H and O–H groups in total. The first-order chi connectivity index (χ1) is 16.3. The standard InChI is InChI=1S/C22H27N3O3S2.C2H6.2HI.V/c1-14-11-19(21(29-14)30(27,28)24-22(4,5)6)18-9-7-17(8-10-18)12-25-16(3)23-15(2)20(25)13-26;1-2;;;/h7-11,13,24H,12H2,1-6H3;1-2H3;2*1H;/q;;;;+2/p-2. The van der Waals surface area contributed by atoms with E-state index >= 15 is 0 Å². The molecular formula is C24H33I2N3O3S2V. The van der Waals surface area contributed by atoms with E-state index in [0.717, 1.165) is 28.1 Å². The number of rotatable bonds is 6. The third kappa shape index (κ3) is 9.53. The molecule has 6 nitrogen and oxygen atoms in total. The fourth-order valence-corrected chi connectivity index (χ4v) is 6.47. The van der Waals surface area contributed by atoms with Gasteiger partial charge in [-0.1, -0.05) is 38.1 Å². The Morgan fingerprint density at radius 3 is 2.14 bits per heavy atom. The van der Waals surface area contributed by atoms with Crippen molar-refractivity contribution in [3.05, 3.63) is 58.0 Å². The summed E-state index contributed by atoms with van der Waals surface area (Å²) in [5, 5.41) is 0. The molecule has 0 atom stereocenters. The van der Waals surface area contributed by atoms with Gasteiger partial charge in [0.25, 0.3) is 10.0 Å². The quantitative estimate of drug-likeness (QED) is 0.211. The molecule has 0 unspecified atom stereocenters. The summed E-state index contributed by atoms with van der Waals surface area (Å²) >= 11 is 6.01. The summed E-state index contributed by atoms with van der Waals surface area (Å²) in [5.41, 5.74) is 3.28. The van der Waals surface area contributed by atoms with Gasteiger partial charge in [0.2, 0.25) is 0 Å². The summed E-state index contributed by atoms with van der Waals surface area (Å²) in [6.45, 7) is 15.6. The number of benzene rings is 1. The third-order valence-electron chi connectivity index (χ3n) is 4.60. The number of aldehydes is 1. The molecule has 0 aliphatic carbocycles. The van der Waals surface area contributed by atoms with Gasteiger partial charge >= 0.3 is 49.4 Å². The zero-order chi connectivity index (χ0) is 27.0. The molecule has 0 saturated carbocycles. The van der Waals surface area contributed by atoms with E-state index in [4.69, 9.17) is 0 Å². The van der Waals surface area contributed by atoms with E-state index in [2.05, 4.69) is 49.7 Å². The van der Waals surface area contributed by atoms with E-state index in [-0.39, 0.29) is 0 Å². The van der Waals surface area contributed by atoms with Gasteiger partial charge in [0, 0.05) is 22.5 Å². The number of sulfonamides is 1. The normalized spacial score (nSPS) is 11.1. The molecule has 3 rings (SSSR count). The number of aryl methyl sites for hydroxylation is 3. The first-order valence-corrected chi connectivity index (χ1v) is 22.3. The minimum atomic E-state index is -3.63. The molecule has 11 heteroatoms. The van der Waals surface area contributed by atoms with Crippen molar-refractivity contribution in [2.75, 3.05) is 0 Å². The molecule has 35 heavy (non-hydrogen) atoms. The Kier molecular flexibility index (Phi) is 13.7. The summed E-state index contributed by atoms with van der Waals surface area (Å²) in [4.78, 5) is 16.7. The van der Waals surface area contributed by atoms with Crippen molar-refractivity contribution in [3.63, 3.8) is 0 Å². The van der Waals surface area contributed by atoms with Crippen molar-refractivity contribution in [2.45, 2.75) is 71.7 Å². The van der Waals surface area contributed by atoms with Crippen molar-refractivity contribution in [2.24, 2.45) is 0 Å². The molecule has 1 aromatic carbocycles. The number of nitrogens with one attached hydrogen (secondary N) is 1. The van der Waals surface area contributed by atoms with Crippen molar-refractivity contribution >= 4 is 67.6 Å². The number of halogens is 2. The zero-order valence-electron chi connectivity index (χ0n) is 21.3. The summed E-state index contributed by atoms with van der Waals surface area (Å²) in [6.07, 6.45) is 0.831. The van der Waals surface area contributed by atoms with E-state index < -0.39 is 15.6 Å². The van der Waals surface area contributed by atoms with Crippen LogP contribution in [0.1, 0.15) is 67.1 Å². The first kappa shape index (κ1) is 32.8. The number of imidazole rings is 1. The second-order valence-corrected chi connectivity index (χ2v) is 23.4. The van der Waals surface area contributed by atoms with E-state index in [9.17, 15) is 13.2 Å². The van der Waals surface area contributed by atoms with E-state index in [1.165, 1.54) is 11.3 Å². The Morgan fingerprint density at radius 2 is 1.66 bits per heavy atom. The van der Waals surface area contributed by atoms with E-state index in [1.54, 1.807) is 0 Å². The summed E-state index contributed by atoms with van der Waals surface area (Å²) in [5.74, 6) is 0.786. The predicted octanol–water partition coefficient (Wildman–Crippen LogP) is 7.27. The van der Waals surface area contributed by atoms with Crippen LogP contribution in [0.4, 0.5) is 0 Å². The number of hydrogen-bond acceptors (Lipinski definition) is 5. The average molecular weight is 780 g/mol. The van der Waals surface area contributed by atoms with Crippen LogP contribution < -0.4 is 4.72 Å². The minimum absolute atomic E-state index is 0.326. The number of nitrogens with zero attached hydrogens (tertiary/aromatic N) is 2. The summed E-state index contributed by atoms with van der Waals surface area (Å²) in [6, 6.07) is 9.67. The Balaban J connectivity index is 0.00000114. The van der Waals surface area contributed by atoms with Gasteiger partial charge in [-0.3, -0.25) is 4.79 Å². The predicted molar refractivity (Wildman–Crippen MR) is 160 cm³/mol. The Bertz CT molecular complexity index is 1220. The van der Waals surface area contributed by atoms with Crippen LogP contribution in [0.2, 0.25) is 0 Å². The van der Waals surface area contributed by atoms with Crippen LogP contribution in [-0.2, 0) is 26.0 Å². The molecule has 3 aromatic rings. The second kappa shape index (κ2) is 14.6. The number of thiophene rings is 1. The average Bonchev–Trinajstić information content (AvgIpc) is 3.28. The van der Waals surface area contributed by atoms with E-state index in [1.807, 2.05) is 90.3 Å². The van der Waals surface area contributed by atoms with Crippen LogP contribution >= 0.6 is 51.3 Å². The van der Waals surface area contributed by atoms with Crippen molar-refractivity contribution in [1.82, 2.24) is 14.3 Å². The van der Waals surface area contributed by atoms with Gasteiger partial charge in [0.1, 0.15) is 15.7 Å². The second-order valence-electron chi connectivity index (χ2n) is 8.51. The van der Waals surface area contributed by atoms with Gasteiger partial charge in [-0.05, 0) is 58.7 Å². The number of hydrogen-bond donors (Lipinski definition) is 1. The molecule has 0 saturated heterocycles. The summed E-state index contributed by atoms with van der Waals surface area (Å²) in [7, 11) is -3.00. The monoisotopic (exact) mass is 780 g/mol. The van der Waals surface area contributed by atoms with Crippen molar-refractivity contribution < 1.29 is 22.7 Å². The van der Waals surface area contributed by atoms with Crippen LogP contribution in [0.5, 0.6) is 0 Å². The topological polar surface area (TPSA) is 81.1 Å². The molecule has 0 fully saturated rings. The van der Waals surface area contributed by atoms with Gasteiger partial charge in [-0.15, -0.1) is 11.3 Å². The Labute approximate surface area is 243 Å². The maximum atomic E-state index is 12.9. The van der Waals surface area contributed by atoms with Crippen molar-refractivity contribution in [1.29, 1.82) is 0 Å². The van der Waals surface area contributed by atoms with Gasteiger partial charge in [-0.25, -0.2) is 18.1 Å². The van der Waals surface area contributed by atoms with Gasteiger partial charge in [0.15, 0.2) is 6.29 Å². The first-order valence-electron chi connectivity index (χ1n) is 11.0. The number of aromatic nitrogens is 2. The van der Waals surface area contributed by atoms with Gasteiger partial charge < -0.3 is 4.57 Å². The van der Waals surface area contributed by atoms with Crippen LogP contribution in [0, 0.1) is 20.8 Å². The zero-order valence-corrected chi connectivity index (χ0v) is 28.7.